The third kappa shape index (κ3) is 3.35. The van der Waals surface area contributed by atoms with Gasteiger partial charge in [-0.25, -0.2) is 4.98 Å². The van der Waals surface area contributed by atoms with Crippen molar-refractivity contribution in [3.63, 3.8) is 0 Å². The van der Waals surface area contributed by atoms with Crippen LogP contribution in [-0.4, -0.2) is 9.97 Å². The molecule has 0 aliphatic carbocycles. The van der Waals surface area contributed by atoms with E-state index in [4.69, 9.17) is 23.8 Å². The third-order valence-corrected chi connectivity index (χ3v) is 5.34. The van der Waals surface area contributed by atoms with Crippen LogP contribution in [-0.2, 0) is 5.75 Å². The first-order valence-corrected chi connectivity index (χ1v) is 7.77. The van der Waals surface area contributed by atoms with Crippen molar-refractivity contribution in [2.24, 2.45) is 0 Å². The molecule has 0 saturated heterocycles. The SMILES string of the molecule is Cc1[nH]c(CSc2ccccc2Cl)nc(=S)c1Br. The van der Waals surface area contributed by atoms with E-state index in [9.17, 15) is 0 Å². The first-order chi connectivity index (χ1) is 8.58. The summed E-state index contributed by atoms with van der Waals surface area (Å²) in [6.45, 7) is 1.96. The summed E-state index contributed by atoms with van der Waals surface area (Å²) in [5.74, 6) is 1.56. The topological polar surface area (TPSA) is 28.7 Å². The van der Waals surface area contributed by atoms with Gasteiger partial charge in [-0.3, -0.25) is 0 Å². The van der Waals surface area contributed by atoms with Crippen LogP contribution in [0.3, 0.4) is 0 Å². The van der Waals surface area contributed by atoms with Crippen molar-refractivity contribution < 1.29 is 0 Å². The number of H-pyrrole nitrogens is 1. The Kier molecular flexibility index (Phi) is 4.84. The summed E-state index contributed by atoms with van der Waals surface area (Å²) in [4.78, 5) is 8.59. The van der Waals surface area contributed by atoms with Gasteiger partial charge in [0, 0.05) is 10.6 Å². The first-order valence-electron chi connectivity index (χ1n) is 5.20. The van der Waals surface area contributed by atoms with Gasteiger partial charge in [0.25, 0.3) is 0 Å². The summed E-state index contributed by atoms with van der Waals surface area (Å²) in [5, 5.41) is 0.759. The average Bonchev–Trinajstić information content (AvgIpc) is 2.35. The lowest BCUT2D eigenvalue weighted by molar-refractivity contribution is 0.973. The van der Waals surface area contributed by atoms with E-state index >= 15 is 0 Å². The number of halogens is 2. The monoisotopic (exact) mass is 360 g/mol. The molecular formula is C12H10BrClN2S2. The van der Waals surface area contributed by atoms with Crippen molar-refractivity contribution in [3.8, 4) is 0 Å². The summed E-state index contributed by atoms with van der Waals surface area (Å²) >= 11 is 16.3. The Balaban J connectivity index is 2.17. The molecule has 0 spiro atoms. The van der Waals surface area contributed by atoms with Gasteiger partial charge in [-0.05, 0) is 35.0 Å². The molecule has 0 bridgehead atoms. The van der Waals surface area contributed by atoms with E-state index in [1.54, 1.807) is 11.8 Å². The van der Waals surface area contributed by atoms with Crippen LogP contribution in [0.2, 0.25) is 5.02 Å². The maximum atomic E-state index is 6.10. The zero-order valence-electron chi connectivity index (χ0n) is 9.54. The fraction of sp³-hybridized carbons (Fsp3) is 0.167. The predicted molar refractivity (Wildman–Crippen MR) is 82.9 cm³/mol. The van der Waals surface area contributed by atoms with Crippen LogP contribution in [0.1, 0.15) is 11.5 Å². The van der Waals surface area contributed by atoms with Gasteiger partial charge < -0.3 is 4.98 Å². The Morgan fingerprint density at radius 3 is 2.83 bits per heavy atom. The largest absolute Gasteiger partial charge is 0.346 e. The number of hydrogen-bond donors (Lipinski definition) is 1. The van der Waals surface area contributed by atoms with E-state index in [2.05, 4.69) is 25.9 Å². The molecule has 0 aliphatic rings. The van der Waals surface area contributed by atoms with E-state index in [1.165, 1.54) is 0 Å². The van der Waals surface area contributed by atoms with Gasteiger partial charge in [0.2, 0.25) is 0 Å². The number of aromatic nitrogens is 2. The van der Waals surface area contributed by atoms with Gasteiger partial charge in [0.05, 0.1) is 15.2 Å². The van der Waals surface area contributed by atoms with E-state index in [0.29, 0.717) is 10.4 Å². The number of nitrogens with zero attached hydrogens (tertiary/aromatic N) is 1. The number of thioether (sulfide) groups is 1. The molecule has 18 heavy (non-hydrogen) atoms. The van der Waals surface area contributed by atoms with Crippen LogP contribution in [0.25, 0.3) is 0 Å². The van der Waals surface area contributed by atoms with Crippen LogP contribution in [0, 0.1) is 11.6 Å². The highest BCUT2D eigenvalue weighted by atomic mass is 79.9. The fourth-order valence-corrected chi connectivity index (χ4v) is 2.97. The normalized spacial score (nSPS) is 10.6. The molecule has 1 heterocycles. The maximum Gasteiger partial charge on any atom is 0.144 e. The molecule has 0 atom stereocenters. The highest BCUT2D eigenvalue weighted by Gasteiger charge is 2.05. The van der Waals surface area contributed by atoms with E-state index < -0.39 is 0 Å². The Hall–Kier alpha value is -0.360. The number of rotatable bonds is 3. The lowest BCUT2D eigenvalue weighted by atomic mass is 10.4. The maximum absolute atomic E-state index is 6.10. The van der Waals surface area contributed by atoms with Gasteiger partial charge in [0.1, 0.15) is 10.5 Å². The Morgan fingerprint density at radius 1 is 1.44 bits per heavy atom. The Morgan fingerprint density at radius 2 is 2.17 bits per heavy atom. The molecule has 0 saturated carbocycles. The number of aromatic amines is 1. The third-order valence-electron chi connectivity index (χ3n) is 2.29. The van der Waals surface area contributed by atoms with Crippen LogP contribution < -0.4 is 0 Å². The van der Waals surface area contributed by atoms with Crippen molar-refractivity contribution in [1.29, 1.82) is 0 Å². The molecule has 1 N–H and O–H groups in total. The first kappa shape index (κ1) is 14.1. The van der Waals surface area contributed by atoms with Crippen molar-refractivity contribution in [2.45, 2.75) is 17.6 Å². The molecule has 0 fully saturated rings. The lowest BCUT2D eigenvalue weighted by Crippen LogP contribution is -1.97. The molecule has 0 unspecified atom stereocenters. The van der Waals surface area contributed by atoms with Gasteiger partial charge in [-0.1, -0.05) is 36.0 Å². The number of benzene rings is 1. The van der Waals surface area contributed by atoms with Gasteiger partial charge in [-0.15, -0.1) is 11.8 Å². The molecule has 1 aromatic heterocycles. The van der Waals surface area contributed by atoms with Gasteiger partial charge >= 0.3 is 0 Å². The van der Waals surface area contributed by atoms with Crippen LogP contribution >= 0.6 is 51.5 Å². The Labute approximate surface area is 128 Å². The number of aryl methyl sites for hydroxylation is 1. The smallest absolute Gasteiger partial charge is 0.144 e. The van der Waals surface area contributed by atoms with Crippen molar-refractivity contribution in [1.82, 2.24) is 9.97 Å². The van der Waals surface area contributed by atoms with E-state index in [-0.39, 0.29) is 0 Å². The molecule has 1 aromatic carbocycles. The van der Waals surface area contributed by atoms with Crippen LogP contribution in [0.15, 0.2) is 33.6 Å². The zero-order valence-corrected chi connectivity index (χ0v) is 13.5. The fourth-order valence-electron chi connectivity index (χ4n) is 1.41. The molecule has 2 rings (SSSR count). The molecule has 0 amide bonds. The predicted octanol–water partition coefficient (Wildman–Crippen LogP) is 5.16. The van der Waals surface area contributed by atoms with Crippen molar-refractivity contribution in [2.75, 3.05) is 0 Å². The molecule has 2 aromatic rings. The van der Waals surface area contributed by atoms with E-state index in [0.717, 1.165) is 25.9 Å². The minimum atomic E-state index is 0.584. The molecule has 0 radical (unpaired) electrons. The second-order valence-electron chi connectivity index (χ2n) is 3.65. The standard InChI is InChI=1S/C12H10BrClN2S2/c1-7-11(13)12(17)16-10(15-7)6-18-9-5-3-2-4-8(9)14/h2-5H,6H2,1H3,(H,15,16,17). The zero-order chi connectivity index (χ0) is 13.1. The summed E-state index contributed by atoms with van der Waals surface area (Å²) in [6, 6.07) is 7.76. The van der Waals surface area contributed by atoms with Crippen molar-refractivity contribution in [3.05, 3.63) is 49.9 Å². The van der Waals surface area contributed by atoms with Crippen LogP contribution in [0.4, 0.5) is 0 Å². The van der Waals surface area contributed by atoms with Gasteiger partial charge in [0.15, 0.2) is 0 Å². The summed E-state index contributed by atoms with van der Waals surface area (Å²) in [6.07, 6.45) is 0. The highest BCUT2D eigenvalue weighted by molar-refractivity contribution is 9.10. The minimum Gasteiger partial charge on any atom is -0.346 e. The molecule has 2 nitrogen and oxygen atoms in total. The highest BCUT2D eigenvalue weighted by Crippen LogP contribution is 2.28. The molecule has 0 aliphatic heterocycles. The minimum absolute atomic E-state index is 0.584. The second kappa shape index (κ2) is 6.19. The summed E-state index contributed by atoms with van der Waals surface area (Å²) in [5.41, 5.74) is 0.991. The number of hydrogen-bond acceptors (Lipinski definition) is 3. The van der Waals surface area contributed by atoms with Crippen LogP contribution in [0.5, 0.6) is 0 Å². The second-order valence-corrected chi connectivity index (χ2v) is 6.25. The van der Waals surface area contributed by atoms with Gasteiger partial charge in [-0.2, -0.15) is 0 Å². The quantitative estimate of drug-likeness (QED) is 0.605. The molecular weight excluding hydrogens is 352 g/mol. The summed E-state index contributed by atoms with van der Waals surface area (Å²) < 4.78 is 1.44. The van der Waals surface area contributed by atoms with Crippen molar-refractivity contribution >= 4 is 51.5 Å². The Bertz CT molecular complexity index is 628. The lowest BCUT2D eigenvalue weighted by Gasteiger charge is -2.06. The summed E-state index contributed by atoms with van der Waals surface area (Å²) in [7, 11) is 0. The molecule has 94 valence electrons. The average molecular weight is 362 g/mol. The molecule has 6 heteroatoms. The van der Waals surface area contributed by atoms with E-state index in [1.807, 2.05) is 31.2 Å². The number of nitrogens with one attached hydrogen (secondary N) is 1.